The zero-order valence-electron chi connectivity index (χ0n) is 8.27. The molecule has 0 radical (unpaired) electrons. The minimum absolute atomic E-state index is 0.274. The van der Waals surface area contributed by atoms with Crippen LogP contribution in [0.5, 0.6) is 11.5 Å². The quantitative estimate of drug-likeness (QED) is 0.681. The van der Waals surface area contributed by atoms with Gasteiger partial charge in [0.2, 0.25) is 0 Å². The highest BCUT2D eigenvalue weighted by Gasteiger charge is 2.03. The van der Waals surface area contributed by atoms with Crippen molar-refractivity contribution in [2.75, 3.05) is 20.3 Å². The molecule has 1 aromatic carbocycles. The Morgan fingerprint density at radius 3 is 2.36 bits per heavy atom. The molecule has 1 rings (SSSR count). The van der Waals surface area contributed by atoms with Crippen molar-refractivity contribution in [1.82, 2.24) is 0 Å². The van der Waals surface area contributed by atoms with E-state index in [1.165, 1.54) is 0 Å². The van der Waals surface area contributed by atoms with Gasteiger partial charge in [-0.05, 0) is 24.3 Å². The van der Waals surface area contributed by atoms with Crippen LogP contribution in [0.2, 0.25) is 0 Å². The summed E-state index contributed by atoms with van der Waals surface area (Å²) in [6.45, 7) is 0.728. The molecule has 0 saturated carbocycles. The lowest BCUT2D eigenvalue weighted by atomic mass is 10.3. The summed E-state index contributed by atoms with van der Waals surface area (Å²) in [5.74, 6) is 1.51. The Hall–Kier alpha value is -1.26. The summed E-state index contributed by atoms with van der Waals surface area (Å²) < 4.78 is 10.3. The van der Waals surface area contributed by atoms with Gasteiger partial charge in [0.05, 0.1) is 7.11 Å². The van der Waals surface area contributed by atoms with Crippen LogP contribution in [0.15, 0.2) is 24.3 Å². The maximum Gasteiger partial charge on any atom is 0.136 e. The van der Waals surface area contributed by atoms with Gasteiger partial charge in [-0.1, -0.05) is 0 Å². The first-order valence-corrected chi connectivity index (χ1v) is 4.50. The third-order valence-corrected chi connectivity index (χ3v) is 1.84. The van der Waals surface area contributed by atoms with Crippen molar-refractivity contribution in [3.05, 3.63) is 24.3 Å². The number of aliphatic hydroxyl groups is 1. The van der Waals surface area contributed by atoms with E-state index < -0.39 is 6.10 Å². The maximum absolute atomic E-state index is 9.21. The number of methoxy groups -OCH3 is 1. The molecule has 4 N–H and O–H groups in total. The average Bonchev–Trinajstić information content (AvgIpc) is 2.26. The molecular formula is C10H16NO3+. The maximum atomic E-state index is 9.21. The van der Waals surface area contributed by atoms with Crippen LogP contribution in [0.25, 0.3) is 0 Å². The number of quaternary nitrogens is 1. The second-order valence-corrected chi connectivity index (χ2v) is 2.93. The van der Waals surface area contributed by atoms with Gasteiger partial charge in [-0.2, -0.15) is 0 Å². The largest absolute Gasteiger partial charge is 0.497 e. The number of benzene rings is 1. The number of hydrogen-bond acceptors (Lipinski definition) is 3. The van der Waals surface area contributed by atoms with Crippen molar-refractivity contribution >= 4 is 0 Å². The lowest BCUT2D eigenvalue weighted by Crippen LogP contribution is -2.56. The van der Waals surface area contributed by atoms with Gasteiger partial charge < -0.3 is 20.3 Å². The van der Waals surface area contributed by atoms with Crippen LogP contribution < -0.4 is 15.2 Å². The SMILES string of the molecule is COc1ccc(OC[C@H](O)C[NH3+])cc1. The average molecular weight is 198 g/mol. The van der Waals surface area contributed by atoms with Crippen molar-refractivity contribution in [2.45, 2.75) is 6.10 Å². The molecule has 1 aromatic rings. The molecule has 0 aliphatic rings. The highest BCUT2D eigenvalue weighted by molar-refractivity contribution is 5.31. The Morgan fingerprint density at radius 1 is 1.29 bits per heavy atom. The Balaban J connectivity index is 2.43. The van der Waals surface area contributed by atoms with Crippen LogP contribution >= 0.6 is 0 Å². The first-order chi connectivity index (χ1) is 6.76. The van der Waals surface area contributed by atoms with E-state index in [0.717, 1.165) is 11.5 Å². The minimum atomic E-state index is -0.503. The fourth-order valence-corrected chi connectivity index (χ4v) is 0.948. The Morgan fingerprint density at radius 2 is 1.86 bits per heavy atom. The first-order valence-electron chi connectivity index (χ1n) is 4.50. The molecule has 4 heteroatoms. The lowest BCUT2D eigenvalue weighted by molar-refractivity contribution is -0.384. The van der Waals surface area contributed by atoms with Crippen LogP contribution in [0.3, 0.4) is 0 Å². The first kappa shape index (κ1) is 10.8. The molecule has 0 aliphatic carbocycles. The van der Waals surface area contributed by atoms with Crippen LogP contribution in [-0.4, -0.2) is 31.5 Å². The number of hydrogen-bond donors (Lipinski definition) is 2. The van der Waals surface area contributed by atoms with E-state index in [9.17, 15) is 5.11 Å². The molecule has 4 nitrogen and oxygen atoms in total. The molecule has 0 amide bonds. The van der Waals surface area contributed by atoms with Gasteiger partial charge in [0, 0.05) is 0 Å². The van der Waals surface area contributed by atoms with E-state index in [0.29, 0.717) is 6.54 Å². The smallest absolute Gasteiger partial charge is 0.136 e. The van der Waals surface area contributed by atoms with Gasteiger partial charge in [0.25, 0.3) is 0 Å². The van der Waals surface area contributed by atoms with E-state index in [4.69, 9.17) is 9.47 Å². The lowest BCUT2D eigenvalue weighted by Gasteiger charge is -2.09. The molecule has 0 unspecified atom stereocenters. The summed E-state index contributed by atoms with van der Waals surface area (Å²) in [5, 5.41) is 9.21. The molecule has 0 saturated heterocycles. The van der Waals surface area contributed by atoms with Gasteiger partial charge in [-0.25, -0.2) is 0 Å². The highest BCUT2D eigenvalue weighted by atomic mass is 16.5. The van der Waals surface area contributed by atoms with Gasteiger partial charge in [0.1, 0.15) is 30.8 Å². The Labute approximate surface area is 83.3 Å². The zero-order chi connectivity index (χ0) is 10.4. The molecule has 78 valence electrons. The third kappa shape index (κ3) is 3.24. The van der Waals surface area contributed by atoms with E-state index in [-0.39, 0.29) is 6.61 Å². The standard InChI is InChI=1S/C10H15NO3/c1-13-9-2-4-10(5-3-9)14-7-8(12)6-11/h2-5,8,12H,6-7,11H2,1H3/p+1/t8-/m1/s1. The van der Waals surface area contributed by atoms with E-state index in [2.05, 4.69) is 5.73 Å². The molecule has 0 bridgehead atoms. The van der Waals surface area contributed by atoms with Crippen LogP contribution in [-0.2, 0) is 0 Å². The molecule has 1 atom stereocenters. The molecule has 0 aliphatic heterocycles. The Bertz CT molecular complexity index is 261. The third-order valence-electron chi connectivity index (χ3n) is 1.84. The van der Waals surface area contributed by atoms with Crippen molar-refractivity contribution in [1.29, 1.82) is 0 Å². The molecule has 0 heterocycles. The zero-order valence-corrected chi connectivity index (χ0v) is 8.27. The van der Waals surface area contributed by atoms with Crippen molar-refractivity contribution in [3.8, 4) is 11.5 Å². The molecule has 0 fully saturated rings. The van der Waals surface area contributed by atoms with Crippen LogP contribution in [0.4, 0.5) is 0 Å². The van der Waals surface area contributed by atoms with Gasteiger partial charge in [-0.3, -0.25) is 0 Å². The number of rotatable bonds is 5. The topological polar surface area (TPSA) is 66.3 Å². The summed E-state index contributed by atoms with van der Waals surface area (Å²) >= 11 is 0. The monoisotopic (exact) mass is 198 g/mol. The van der Waals surface area contributed by atoms with Gasteiger partial charge in [-0.15, -0.1) is 0 Å². The van der Waals surface area contributed by atoms with Crippen molar-refractivity contribution < 1.29 is 20.3 Å². The summed E-state index contributed by atoms with van der Waals surface area (Å²) in [6.07, 6.45) is -0.503. The van der Waals surface area contributed by atoms with E-state index in [1.54, 1.807) is 19.2 Å². The van der Waals surface area contributed by atoms with Gasteiger partial charge >= 0.3 is 0 Å². The van der Waals surface area contributed by atoms with E-state index >= 15 is 0 Å². The molecular weight excluding hydrogens is 182 g/mol. The predicted octanol–water partition coefficient (Wildman–Crippen LogP) is -0.323. The number of aliphatic hydroxyl groups excluding tert-OH is 1. The summed E-state index contributed by atoms with van der Waals surface area (Å²) in [4.78, 5) is 0. The van der Waals surface area contributed by atoms with Crippen molar-refractivity contribution in [2.24, 2.45) is 0 Å². The normalized spacial score (nSPS) is 12.2. The van der Waals surface area contributed by atoms with Gasteiger partial charge in [0.15, 0.2) is 0 Å². The Kier molecular flexibility index (Phi) is 4.22. The second-order valence-electron chi connectivity index (χ2n) is 2.93. The number of ether oxygens (including phenoxy) is 2. The summed E-state index contributed by atoms with van der Waals surface area (Å²) in [5.41, 5.74) is 3.58. The van der Waals surface area contributed by atoms with Crippen LogP contribution in [0, 0.1) is 0 Å². The fraction of sp³-hybridized carbons (Fsp3) is 0.400. The van der Waals surface area contributed by atoms with E-state index in [1.807, 2.05) is 12.1 Å². The summed E-state index contributed by atoms with van der Waals surface area (Å²) in [7, 11) is 1.61. The fourth-order valence-electron chi connectivity index (χ4n) is 0.948. The molecule has 0 aromatic heterocycles. The summed E-state index contributed by atoms with van der Waals surface area (Å²) in [6, 6.07) is 7.22. The molecule has 14 heavy (non-hydrogen) atoms. The van der Waals surface area contributed by atoms with Crippen LogP contribution in [0.1, 0.15) is 0 Å². The molecule has 0 spiro atoms. The predicted molar refractivity (Wildman–Crippen MR) is 52.3 cm³/mol. The minimum Gasteiger partial charge on any atom is -0.497 e. The highest BCUT2D eigenvalue weighted by Crippen LogP contribution is 2.16. The second kappa shape index (κ2) is 5.47. The van der Waals surface area contributed by atoms with Crippen molar-refractivity contribution in [3.63, 3.8) is 0 Å².